The molecule has 3 aromatic rings. The maximum absolute atomic E-state index is 13.7. The first-order valence-electron chi connectivity index (χ1n) is 9.70. The second-order valence-electron chi connectivity index (χ2n) is 7.39. The standard InChI is InChI=1S/C24H20FN3O3/c1-14-7-4-5-10-21(14)28-23(30)20(22(29)26-24(28)31)12-17-11-15(2)27(16(17)3)19-9-6-8-18(25)13-19/h4-13H,1-3H3,(H,26,29,31)/b20-12+. The van der Waals surface area contributed by atoms with E-state index < -0.39 is 17.8 Å². The van der Waals surface area contributed by atoms with Crippen molar-refractivity contribution in [3.8, 4) is 5.69 Å². The molecule has 2 aromatic carbocycles. The van der Waals surface area contributed by atoms with E-state index in [-0.39, 0.29) is 11.4 Å². The molecule has 4 rings (SSSR count). The van der Waals surface area contributed by atoms with E-state index in [4.69, 9.17) is 0 Å². The zero-order chi connectivity index (χ0) is 22.3. The first-order valence-corrected chi connectivity index (χ1v) is 9.70. The number of nitrogens with zero attached hydrogens (tertiary/aromatic N) is 2. The number of hydrogen-bond donors (Lipinski definition) is 1. The number of amides is 4. The summed E-state index contributed by atoms with van der Waals surface area (Å²) in [5.41, 5.74) is 3.79. The first kappa shape index (κ1) is 20.3. The molecule has 1 aliphatic heterocycles. The van der Waals surface area contributed by atoms with Crippen LogP contribution < -0.4 is 10.2 Å². The number of anilines is 1. The second kappa shape index (κ2) is 7.68. The molecule has 0 saturated carbocycles. The van der Waals surface area contributed by atoms with Gasteiger partial charge in [0, 0.05) is 17.1 Å². The summed E-state index contributed by atoms with van der Waals surface area (Å²) < 4.78 is 15.5. The van der Waals surface area contributed by atoms with Crippen LogP contribution in [0.25, 0.3) is 11.8 Å². The molecule has 4 amide bonds. The van der Waals surface area contributed by atoms with Crippen LogP contribution in [0.3, 0.4) is 0 Å². The molecule has 0 radical (unpaired) electrons. The Kier molecular flexibility index (Phi) is 5.02. The van der Waals surface area contributed by atoms with Crippen LogP contribution in [0.5, 0.6) is 0 Å². The van der Waals surface area contributed by atoms with E-state index in [1.807, 2.05) is 24.5 Å². The number of nitrogens with one attached hydrogen (secondary N) is 1. The van der Waals surface area contributed by atoms with Gasteiger partial charge in [0.05, 0.1) is 5.69 Å². The van der Waals surface area contributed by atoms with Gasteiger partial charge in [0.15, 0.2) is 0 Å². The predicted molar refractivity (Wildman–Crippen MR) is 115 cm³/mol. The Bertz CT molecular complexity index is 1270. The zero-order valence-electron chi connectivity index (χ0n) is 17.3. The van der Waals surface area contributed by atoms with Crippen LogP contribution in [0.2, 0.25) is 0 Å². The number of imide groups is 2. The summed E-state index contributed by atoms with van der Waals surface area (Å²) in [7, 11) is 0. The van der Waals surface area contributed by atoms with E-state index in [0.29, 0.717) is 16.9 Å². The molecular formula is C24H20FN3O3. The van der Waals surface area contributed by atoms with Crippen molar-refractivity contribution in [2.75, 3.05) is 4.90 Å². The SMILES string of the molecule is Cc1ccccc1N1C(=O)NC(=O)/C(=C\c2cc(C)n(-c3cccc(F)c3)c2C)C1=O. The number of aromatic nitrogens is 1. The summed E-state index contributed by atoms with van der Waals surface area (Å²) in [6.07, 6.45) is 1.47. The van der Waals surface area contributed by atoms with Crippen molar-refractivity contribution in [3.63, 3.8) is 0 Å². The maximum Gasteiger partial charge on any atom is 0.335 e. The van der Waals surface area contributed by atoms with Crippen molar-refractivity contribution in [2.24, 2.45) is 0 Å². The summed E-state index contributed by atoms with van der Waals surface area (Å²) in [6.45, 7) is 5.45. The maximum atomic E-state index is 13.7. The number of para-hydroxylation sites is 1. The lowest BCUT2D eigenvalue weighted by molar-refractivity contribution is -0.122. The summed E-state index contributed by atoms with van der Waals surface area (Å²) in [4.78, 5) is 39.0. The summed E-state index contributed by atoms with van der Waals surface area (Å²) >= 11 is 0. The van der Waals surface area contributed by atoms with Crippen molar-refractivity contribution < 1.29 is 18.8 Å². The third-order valence-corrected chi connectivity index (χ3v) is 5.29. The molecule has 0 bridgehead atoms. The lowest BCUT2D eigenvalue weighted by atomic mass is 10.1. The number of aryl methyl sites for hydroxylation is 2. The number of halogens is 1. The fourth-order valence-corrected chi connectivity index (χ4v) is 3.79. The minimum absolute atomic E-state index is 0.151. The molecule has 31 heavy (non-hydrogen) atoms. The minimum atomic E-state index is -0.785. The molecule has 0 atom stereocenters. The minimum Gasteiger partial charge on any atom is -0.318 e. The van der Waals surface area contributed by atoms with Crippen molar-refractivity contribution in [1.29, 1.82) is 0 Å². The van der Waals surface area contributed by atoms with Gasteiger partial charge < -0.3 is 4.57 Å². The van der Waals surface area contributed by atoms with Crippen molar-refractivity contribution in [2.45, 2.75) is 20.8 Å². The van der Waals surface area contributed by atoms with Gasteiger partial charge in [-0.2, -0.15) is 0 Å². The predicted octanol–water partition coefficient (Wildman–Crippen LogP) is 4.21. The molecule has 1 fully saturated rings. The van der Waals surface area contributed by atoms with E-state index in [2.05, 4.69) is 5.32 Å². The quantitative estimate of drug-likeness (QED) is 0.513. The number of carbonyl (C=O) groups excluding carboxylic acids is 3. The molecule has 6 nitrogen and oxygen atoms in total. The highest BCUT2D eigenvalue weighted by atomic mass is 19.1. The Morgan fingerprint density at radius 2 is 1.68 bits per heavy atom. The Hall–Kier alpha value is -4.00. The fraction of sp³-hybridized carbons (Fsp3) is 0.125. The highest BCUT2D eigenvalue weighted by Crippen LogP contribution is 2.27. The topological polar surface area (TPSA) is 71.4 Å². The molecule has 0 spiro atoms. The Labute approximate surface area is 178 Å². The highest BCUT2D eigenvalue weighted by Gasteiger charge is 2.37. The molecule has 2 heterocycles. The van der Waals surface area contributed by atoms with Gasteiger partial charge in [-0.05, 0) is 68.3 Å². The van der Waals surface area contributed by atoms with Gasteiger partial charge in [-0.3, -0.25) is 14.9 Å². The molecule has 7 heteroatoms. The Balaban J connectivity index is 1.79. The van der Waals surface area contributed by atoms with Crippen LogP contribution in [-0.4, -0.2) is 22.4 Å². The summed E-state index contributed by atoms with van der Waals surface area (Å²) in [5.74, 6) is -1.81. The average molecular weight is 417 g/mol. The molecule has 156 valence electrons. The highest BCUT2D eigenvalue weighted by molar-refractivity contribution is 6.39. The lowest BCUT2D eigenvalue weighted by Crippen LogP contribution is -2.54. The van der Waals surface area contributed by atoms with Gasteiger partial charge in [-0.1, -0.05) is 24.3 Å². The Morgan fingerprint density at radius 1 is 0.935 bits per heavy atom. The normalized spacial score (nSPS) is 15.5. The van der Waals surface area contributed by atoms with Gasteiger partial charge >= 0.3 is 6.03 Å². The van der Waals surface area contributed by atoms with Crippen molar-refractivity contribution in [3.05, 3.63) is 88.5 Å². The molecule has 1 aliphatic rings. The van der Waals surface area contributed by atoms with Crippen molar-refractivity contribution in [1.82, 2.24) is 9.88 Å². The van der Waals surface area contributed by atoms with Gasteiger partial charge in [0.25, 0.3) is 11.8 Å². The zero-order valence-corrected chi connectivity index (χ0v) is 17.3. The number of rotatable bonds is 3. The molecule has 0 unspecified atom stereocenters. The van der Waals surface area contributed by atoms with Gasteiger partial charge in [-0.15, -0.1) is 0 Å². The van der Waals surface area contributed by atoms with Crippen LogP contribution in [-0.2, 0) is 9.59 Å². The molecule has 1 aromatic heterocycles. The summed E-state index contributed by atoms with van der Waals surface area (Å²) in [5, 5.41) is 2.24. The van der Waals surface area contributed by atoms with Crippen molar-refractivity contribution >= 4 is 29.6 Å². The average Bonchev–Trinajstić information content (AvgIpc) is 2.99. The number of benzene rings is 2. The third-order valence-electron chi connectivity index (χ3n) is 5.29. The Morgan fingerprint density at radius 3 is 2.39 bits per heavy atom. The van der Waals surface area contributed by atoms with Crippen LogP contribution in [0.4, 0.5) is 14.9 Å². The van der Waals surface area contributed by atoms with Crippen LogP contribution >= 0.6 is 0 Å². The van der Waals surface area contributed by atoms with Crippen LogP contribution in [0, 0.1) is 26.6 Å². The van der Waals surface area contributed by atoms with Gasteiger partial charge in [0.1, 0.15) is 11.4 Å². The van der Waals surface area contributed by atoms with Gasteiger partial charge in [0.2, 0.25) is 0 Å². The van der Waals surface area contributed by atoms with Gasteiger partial charge in [-0.25, -0.2) is 14.1 Å². The van der Waals surface area contributed by atoms with E-state index in [0.717, 1.165) is 21.9 Å². The van der Waals surface area contributed by atoms with E-state index >= 15 is 0 Å². The number of hydrogen-bond acceptors (Lipinski definition) is 3. The molecular weight excluding hydrogens is 397 g/mol. The number of carbonyl (C=O) groups is 3. The lowest BCUT2D eigenvalue weighted by Gasteiger charge is -2.27. The molecule has 1 saturated heterocycles. The largest absolute Gasteiger partial charge is 0.335 e. The molecule has 1 N–H and O–H groups in total. The van der Waals surface area contributed by atoms with E-state index in [9.17, 15) is 18.8 Å². The molecule has 0 aliphatic carbocycles. The summed E-state index contributed by atoms with van der Waals surface area (Å²) in [6, 6.07) is 14.1. The fourth-order valence-electron chi connectivity index (χ4n) is 3.79. The van der Waals surface area contributed by atoms with E-state index in [1.165, 1.54) is 18.2 Å². The van der Waals surface area contributed by atoms with Crippen LogP contribution in [0.1, 0.15) is 22.5 Å². The number of urea groups is 1. The second-order valence-corrected chi connectivity index (χ2v) is 7.39. The smallest absolute Gasteiger partial charge is 0.318 e. The third kappa shape index (κ3) is 3.54. The van der Waals surface area contributed by atoms with E-state index in [1.54, 1.807) is 43.3 Å². The first-order chi connectivity index (χ1) is 14.8. The monoisotopic (exact) mass is 417 g/mol. The van der Waals surface area contributed by atoms with Crippen LogP contribution in [0.15, 0.2) is 60.2 Å². The number of barbiturate groups is 1.